The van der Waals surface area contributed by atoms with E-state index >= 15 is 0 Å². The molecule has 0 saturated carbocycles. The van der Waals surface area contributed by atoms with Crippen molar-refractivity contribution < 1.29 is 4.74 Å². The Bertz CT molecular complexity index is 545. The number of halogens is 1. The van der Waals surface area contributed by atoms with Gasteiger partial charge >= 0.3 is 0 Å². The van der Waals surface area contributed by atoms with Crippen LogP contribution in [0.2, 0.25) is 5.02 Å². The van der Waals surface area contributed by atoms with Gasteiger partial charge in [0.25, 0.3) is 0 Å². The highest BCUT2D eigenvalue weighted by molar-refractivity contribution is 7.10. The van der Waals surface area contributed by atoms with Crippen molar-refractivity contribution in [1.82, 2.24) is 0 Å². The molecule has 4 heteroatoms. The first-order chi connectivity index (χ1) is 9.52. The SMILES string of the molecule is CCC(N)C(Oc1cc(C)c(Cl)c(C)c1)c1cccs1. The van der Waals surface area contributed by atoms with Gasteiger partial charge in [-0.15, -0.1) is 11.3 Å². The van der Waals surface area contributed by atoms with Gasteiger partial charge in [-0.05, 0) is 55.0 Å². The highest BCUT2D eigenvalue weighted by Crippen LogP contribution is 2.32. The van der Waals surface area contributed by atoms with Gasteiger partial charge in [-0.1, -0.05) is 24.6 Å². The summed E-state index contributed by atoms with van der Waals surface area (Å²) in [5.74, 6) is 0.826. The lowest BCUT2D eigenvalue weighted by atomic mass is 10.1. The Balaban J connectivity index is 2.29. The monoisotopic (exact) mass is 309 g/mol. The lowest BCUT2D eigenvalue weighted by Gasteiger charge is -2.24. The third kappa shape index (κ3) is 3.35. The summed E-state index contributed by atoms with van der Waals surface area (Å²) < 4.78 is 6.15. The average Bonchev–Trinajstić information content (AvgIpc) is 2.95. The van der Waals surface area contributed by atoms with Gasteiger partial charge < -0.3 is 10.5 Å². The minimum absolute atomic E-state index is 0.0232. The fourth-order valence-corrected chi connectivity index (χ4v) is 3.08. The molecule has 2 aromatic rings. The summed E-state index contributed by atoms with van der Waals surface area (Å²) in [6, 6.07) is 8.01. The maximum absolute atomic E-state index is 6.22. The third-order valence-electron chi connectivity index (χ3n) is 3.36. The fraction of sp³-hybridized carbons (Fsp3) is 0.375. The summed E-state index contributed by atoms with van der Waals surface area (Å²) in [6.45, 7) is 6.05. The largest absolute Gasteiger partial charge is 0.483 e. The number of aryl methyl sites for hydroxylation is 2. The van der Waals surface area contributed by atoms with Crippen LogP contribution in [0.25, 0.3) is 0 Å². The molecule has 0 aliphatic heterocycles. The van der Waals surface area contributed by atoms with E-state index in [4.69, 9.17) is 22.1 Å². The van der Waals surface area contributed by atoms with Gasteiger partial charge in [-0.25, -0.2) is 0 Å². The molecule has 2 N–H and O–H groups in total. The molecule has 1 aromatic heterocycles. The van der Waals surface area contributed by atoms with Crippen molar-refractivity contribution in [1.29, 1.82) is 0 Å². The zero-order valence-corrected chi connectivity index (χ0v) is 13.6. The van der Waals surface area contributed by atoms with E-state index in [1.807, 2.05) is 37.4 Å². The van der Waals surface area contributed by atoms with E-state index < -0.39 is 0 Å². The Labute approximate surface area is 129 Å². The third-order valence-corrected chi connectivity index (χ3v) is 4.89. The van der Waals surface area contributed by atoms with Crippen molar-refractivity contribution >= 4 is 22.9 Å². The summed E-state index contributed by atoms with van der Waals surface area (Å²) in [5, 5.41) is 2.84. The number of rotatable bonds is 5. The summed E-state index contributed by atoms with van der Waals surface area (Å²) in [7, 11) is 0. The van der Waals surface area contributed by atoms with E-state index in [9.17, 15) is 0 Å². The normalized spacial score (nSPS) is 14.1. The molecule has 2 atom stereocenters. The molecule has 0 bridgehead atoms. The second-order valence-corrected chi connectivity index (χ2v) is 6.35. The molecule has 1 aromatic carbocycles. The first-order valence-corrected chi connectivity index (χ1v) is 8.01. The van der Waals surface area contributed by atoms with Gasteiger partial charge in [-0.2, -0.15) is 0 Å². The van der Waals surface area contributed by atoms with Crippen LogP contribution in [0, 0.1) is 13.8 Å². The predicted molar refractivity (Wildman–Crippen MR) is 86.9 cm³/mol. The summed E-state index contributed by atoms with van der Waals surface area (Å²) >= 11 is 7.87. The van der Waals surface area contributed by atoms with Crippen molar-refractivity contribution in [2.45, 2.75) is 39.3 Å². The van der Waals surface area contributed by atoms with Gasteiger partial charge in [0, 0.05) is 15.9 Å². The van der Waals surface area contributed by atoms with Gasteiger partial charge in [-0.3, -0.25) is 0 Å². The lowest BCUT2D eigenvalue weighted by molar-refractivity contribution is 0.174. The second kappa shape index (κ2) is 6.61. The number of hydrogen-bond donors (Lipinski definition) is 1. The standard InChI is InChI=1S/C16H20ClNOS/c1-4-13(18)16(14-6-5-7-20-14)19-12-8-10(2)15(17)11(3)9-12/h5-9,13,16H,4,18H2,1-3H3. The summed E-state index contributed by atoms with van der Waals surface area (Å²) in [4.78, 5) is 1.16. The van der Waals surface area contributed by atoms with Crippen LogP contribution in [0.3, 0.4) is 0 Å². The molecule has 0 amide bonds. The molecule has 0 spiro atoms. The van der Waals surface area contributed by atoms with Crippen LogP contribution >= 0.6 is 22.9 Å². The number of benzene rings is 1. The quantitative estimate of drug-likeness (QED) is 0.854. The molecule has 108 valence electrons. The van der Waals surface area contributed by atoms with Crippen molar-refractivity contribution in [3.8, 4) is 5.75 Å². The van der Waals surface area contributed by atoms with Gasteiger partial charge in [0.05, 0.1) is 0 Å². The molecule has 2 rings (SSSR count). The van der Waals surface area contributed by atoms with Crippen LogP contribution in [-0.2, 0) is 0 Å². The number of hydrogen-bond acceptors (Lipinski definition) is 3. The van der Waals surface area contributed by atoms with E-state index in [1.54, 1.807) is 11.3 Å². The number of nitrogens with two attached hydrogens (primary N) is 1. The Kier molecular flexibility index (Phi) is 5.08. The van der Waals surface area contributed by atoms with Crippen LogP contribution in [-0.4, -0.2) is 6.04 Å². The highest BCUT2D eigenvalue weighted by atomic mass is 35.5. The van der Waals surface area contributed by atoms with Crippen LogP contribution in [0.1, 0.15) is 35.5 Å². The number of thiophene rings is 1. The van der Waals surface area contributed by atoms with Crippen LogP contribution in [0.4, 0.5) is 0 Å². The Morgan fingerprint density at radius 3 is 2.45 bits per heavy atom. The van der Waals surface area contributed by atoms with E-state index in [-0.39, 0.29) is 12.1 Å². The first kappa shape index (κ1) is 15.4. The smallest absolute Gasteiger partial charge is 0.148 e. The van der Waals surface area contributed by atoms with Crippen molar-refractivity contribution in [3.05, 3.63) is 50.7 Å². The zero-order valence-electron chi connectivity index (χ0n) is 12.0. The molecule has 0 aliphatic carbocycles. The zero-order chi connectivity index (χ0) is 14.7. The van der Waals surface area contributed by atoms with Crippen LogP contribution < -0.4 is 10.5 Å². The van der Waals surface area contributed by atoms with Crippen molar-refractivity contribution in [3.63, 3.8) is 0 Å². The minimum Gasteiger partial charge on any atom is -0.483 e. The van der Waals surface area contributed by atoms with E-state index in [0.29, 0.717) is 0 Å². The molecular weight excluding hydrogens is 290 g/mol. The molecule has 1 heterocycles. The molecule has 0 aliphatic rings. The predicted octanol–water partition coefficient (Wildman–Crippen LogP) is 4.88. The molecule has 0 fully saturated rings. The van der Waals surface area contributed by atoms with E-state index in [1.165, 1.54) is 0 Å². The Morgan fingerprint density at radius 1 is 1.30 bits per heavy atom. The molecule has 2 unspecified atom stereocenters. The maximum Gasteiger partial charge on any atom is 0.148 e. The Morgan fingerprint density at radius 2 is 1.95 bits per heavy atom. The lowest BCUT2D eigenvalue weighted by Crippen LogP contribution is -2.30. The average molecular weight is 310 g/mol. The van der Waals surface area contributed by atoms with Crippen molar-refractivity contribution in [2.24, 2.45) is 5.73 Å². The highest BCUT2D eigenvalue weighted by Gasteiger charge is 2.22. The molecule has 0 radical (unpaired) electrons. The summed E-state index contributed by atoms with van der Waals surface area (Å²) in [5.41, 5.74) is 8.27. The van der Waals surface area contributed by atoms with E-state index in [2.05, 4.69) is 13.0 Å². The molecule has 2 nitrogen and oxygen atoms in total. The van der Waals surface area contributed by atoms with E-state index in [0.717, 1.165) is 33.2 Å². The van der Waals surface area contributed by atoms with Crippen LogP contribution in [0.5, 0.6) is 5.75 Å². The molecular formula is C16H20ClNOS. The van der Waals surface area contributed by atoms with Gasteiger partial charge in [0.1, 0.15) is 11.9 Å². The minimum atomic E-state index is -0.111. The van der Waals surface area contributed by atoms with Gasteiger partial charge in [0.2, 0.25) is 0 Å². The van der Waals surface area contributed by atoms with Gasteiger partial charge in [0.15, 0.2) is 0 Å². The Hall–Kier alpha value is -1.03. The molecule has 0 saturated heterocycles. The number of ether oxygens (including phenoxy) is 1. The molecule has 20 heavy (non-hydrogen) atoms. The topological polar surface area (TPSA) is 35.2 Å². The van der Waals surface area contributed by atoms with Crippen LogP contribution in [0.15, 0.2) is 29.6 Å². The summed E-state index contributed by atoms with van der Waals surface area (Å²) in [6.07, 6.45) is 0.758. The first-order valence-electron chi connectivity index (χ1n) is 6.75. The second-order valence-electron chi connectivity index (χ2n) is 5.00. The fourth-order valence-electron chi connectivity index (χ4n) is 2.14. The maximum atomic E-state index is 6.22. The van der Waals surface area contributed by atoms with Crippen molar-refractivity contribution in [2.75, 3.05) is 0 Å².